The lowest BCUT2D eigenvalue weighted by atomic mass is 10.0. The molecule has 1 fully saturated rings. The molecule has 5 heteroatoms. The molecule has 1 aliphatic heterocycles. The molecule has 4 rings (SSSR count). The monoisotopic (exact) mass is 470 g/mol. The van der Waals surface area contributed by atoms with Crippen molar-refractivity contribution in [3.05, 3.63) is 82.5 Å². The molecular formula is C23H19BrO2S2. The topological polar surface area (TPSA) is 30.2 Å². The second-order valence-corrected chi connectivity index (χ2v) is 10.1. The standard InChI is InChI=1S/C23H19BrO2S2/c24-18-9-7-17(8-10-18)21-12-11-19(26-21)15-20(16-5-2-1-3-6-16)22(25)23-27-13-4-14-28-23/h1-3,5-12,15,23H,4,13-14H2. The van der Waals surface area contributed by atoms with Crippen LogP contribution in [0.2, 0.25) is 0 Å². The number of ketones is 1. The van der Waals surface area contributed by atoms with Gasteiger partial charge in [0.25, 0.3) is 0 Å². The van der Waals surface area contributed by atoms with Crippen molar-refractivity contribution in [2.45, 2.75) is 11.0 Å². The average molecular weight is 471 g/mol. The Labute approximate surface area is 181 Å². The lowest BCUT2D eigenvalue weighted by molar-refractivity contribution is -0.112. The van der Waals surface area contributed by atoms with Crippen molar-refractivity contribution in [3.8, 4) is 11.3 Å². The third-order valence-electron chi connectivity index (χ3n) is 4.43. The van der Waals surface area contributed by atoms with E-state index in [0.717, 1.165) is 39.3 Å². The molecule has 0 bridgehead atoms. The minimum atomic E-state index is -0.0406. The van der Waals surface area contributed by atoms with Crippen LogP contribution in [0.3, 0.4) is 0 Å². The molecule has 1 aliphatic rings. The maximum absolute atomic E-state index is 13.3. The molecule has 2 nitrogen and oxygen atoms in total. The predicted molar refractivity (Wildman–Crippen MR) is 124 cm³/mol. The Kier molecular flexibility index (Phi) is 6.45. The molecule has 0 saturated carbocycles. The summed E-state index contributed by atoms with van der Waals surface area (Å²) >= 11 is 6.95. The fraction of sp³-hybridized carbons (Fsp3) is 0.174. The summed E-state index contributed by atoms with van der Waals surface area (Å²) in [4.78, 5) is 13.3. The highest BCUT2D eigenvalue weighted by molar-refractivity contribution is 9.10. The summed E-state index contributed by atoms with van der Waals surface area (Å²) in [5, 5.41) is 0. The number of hydrogen-bond donors (Lipinski definition) is 0. The SMILES string of the molecule is O=C(C(=Cc1ccc(-c2ccc(Br)cc2)o1)c1ccccc1)C1SCCCS1. The van der Waals surface area contributed by atoms with E-state index in [9.17, 15) is 4.79 Å². The van der Waals surface area contributed by atoms with Crippen LogP contribution in [-0.2, 0) is 4.79 Å². The highest BCUT2D eigenvalue weighted by Crippen LogP contribution is 2.36. The van der Waals surface area contributed by atoms with Gasteiger partial charge < -0.3 is 4.42 Å². The van der Waals surface area contributed by atoms with E-state index in [4.69, 9.17) is 4.42 Å². The van der Waals surface area contributed by atoms with Crippen molar-refractivity contribution in [1.82, 2.24) is 0 Å². The predicted octanol–water partition coefficient (Wildman–Crippen LogP) is 7.02. The molecule has 2 heterocycles. The van der Waals surface area contributed by atoms with E-state index in [-0.39, 0.29) is 10.4 Å². The number of thioether (sulfide) groups is 2. The molecule has 3 aromatic rings. The first kappa shape index (κ1) is 19.6. The number of halogens is 1. The Morgan fingerprint density at radius 1 is 0.964 bits per heavy atom. The minimum Gasteiger partial charge on any atom is -0.457 e. The summed E-state index contributed by atoms with van der Waals surface area (Å²) in [6.07, 6.45) is 3.05. The molecule has 0 atom stereocenters. The third-order valence-corrected chi connectivity index (χ3v) is 7.86. The maximum atomic E-state index is 13.3. The number of rotatable bonds is 5. The molecule has 142 valence electrons. The molecule has 0 amide bonds. The zero-order valence-electron chi connectivity index (χ0n) is 15.1. The normalized spacial score (nSPS) is 15.5. The summed E-state index contributed by atoms with van der Waals surface area (Å²) in [6, 6.07) is 21.7. The zero-order valence-corrected chi connectivity index (χ0v) is 18.4. The molecule has 28 heavy (non-hydrogen) atoms. The molecule has 2 aromatic carbocycles. The van der Waals surface area contributed by atoms with Crippen LogP contribution in [0, 0.1) is 0 Å². The van der Waals surface area contributed by atoms with Gasteiger partial charge in [-0.3, -0.25) is 4.79 Å². The van der Waals surface area contributed by atoms with Crippen LogP contribution >= 0.6 is 39.5 Å². The number of carbonyl (C=O) groups is 1. The quantitative estimate of drug-likeness (QED) is 0.374. The lowest BCUT2D eigenvalue weighted by Crippen LogP contribution is -2.19. The highest BCUT2D eigenvalue weighted by Gasteiger charge is 2.26. The number of hydrogen-bond acceptors (Lipinski definition) is 4. The van der Waals surface area contributed by atoms with E-state index in [1.165, 1.54) is 0 Å². The molecule has 1 saturated heterocycles. The number of allylic oxidation sites excluding steroid dienone is 1. The first-order valence-electron chi connectivity index (χ1n) is 9.11. The molecule has 0 unspecified atom stereocenters. The summed E-state index contributed by atoms with van der Waals surface area (Å²) in [5.74, 6) is 3.73. The third kappa shape index (κ3) is 4.65. The highest BCUT2D eigenvalue weighted by atomic mass is 79.9. The van der Waals surface area contributed by atoms with Crippen LogP contribution < -0.4 is 0 Å². The zero-order chi connectivity index (χ0) is 19.3. The van der Waals surface area contributed by atoms with Crippen molar-refractivity contribution >= 4 is 56.9 Å². The van der Waals surface area contributed by atoms with E-state index < -0.39 is 0 Å². The van der Waals surface area contributed by atoms with Gasteiger partial charge in [-0.05, 0) is 53.8 Å². The summed E-state index contributed by atoms with van der Waals surface area (Å²) < 4.78 is 7.03. The van der Waals surface area contributed by atoms with Crippen LogP contribution in [0.5, 0.6) is 0 Å². The van der Waals surface area contributed by atoms with Gasteiger partial charge in [0.15, 0.2) is 5.78 Å². The van der Waals surface area contributed by atoms with Gasteiger partial charge in [0.05, 0.1) is 0 Å². The first-order chi connectivity index (χ1) is 13.7. The van der Waals surface area contributed by atoms with Crippen molar-refractivity contribution in [3.63, 3.8) is 0 Å². The lowest BCUT2D eigenvalue weighted by Gasteiger charge is -2.21. The van der Waals surface area contributed by atoms with Crippen molar-refractivity contribution in [2.75, 3.05) is 11.5 Å². The van der Waals surface area contributed by atoms with Gasteiger partial charge in [-0.1, -0.05) is 58.4 Å². The van der Waals surface area contributed by atoms with Gasteiger partial charge >= 0.3 is 0 Å². The Morgan fingerprint density at radius 2 is 1.68 bits per heavy atom. The Bertz CT molecular complexity index is 971. The van der Waals surface area contributed by atoms with Gasteiger partial charge in [-0.15, -0.1) is 23.5 Å². The van der Waals surface area contributed by atoms with Crippen LogP contribution in [0.25, 0.3) is 23.0 Å². The number of benzene rings is 2. The summed E-state index contributed by atoms with van der Waals surface area (Å²) in [7, 11) is 0. The summed E-state index contributed by atoms with van der Waals surface area (Å²) in [6.45, 7) is 0. The second kappa shape index (κ2) is 9.21. The van der Waals surface area contributed by atoms with Gasteiger partial charge in [0.1, 0.15) is 16.1 Å². The number of furan rings is 1. The number of Topliss-reactive ketones (excluding diaryl/α,β-unsaturated/α-hetero) is 1. The Hall–Kier alpha value is -1.69. The van der Waals surface area contributed by atoms with E-state index in [1.54, 1.807) is 23.5 Å². The minimum absolute atomic E-state index is 0.0406. The van der Waals surface area contributed by atoms with Crippen molar-refractivity contribution in [2.24, 2.45) is 0 Å². The number of carbonyl (C=O) groups excluding carboxylic acids is 1. The van der Waals surface area contributed by atoms with E-state index in [2.05, 4.69) is 15.9 Å². The molecule has 0 N–H and O–H groups in total. The molecular weight excluding hydrogens is 452 g/mol. The fourth-order valence-corrected chi connectivity index (χ4v) is 6.04. The van der Waals surface area contributed by atoms with Gasteiger partial charge in [-0.25, -0.2) is 0 Å². The van der Waals surface area contributed by atoms with Crippen LogP contribution in [0.4, 0.5) is 0 Å². The molecule has 0 radical (unpaired) electrons. The van der Waals surface area contributed by atoms with Crippen LogP contribution in [-0.4, -0.2) is 21.9 Å². The summed E-state index contributed by atoms with van der Waals surface area (Å²) in [5.41, 5.74) is 2.65. The van der Waals surface area contributed by atoms with Crippen LogP contribution in [0.15, 0.2) is 75.6 Å². The fourth-order valence-electron chi connectivity index (χ4n) is 3.02. The van der Waals surface area contributed by atoms with Crippen molar-refractivity contribution in [1.29, 1.82) is 0 Å². The smallest absolute Gasteiger partial charge is 0.186 e. The van der Waals surface area contributed by atoms with E-state index in [1.807, 2.05) is 72.8 Å². The van der Waals surface area contributed by atoms with Gasteiger partial charge in [0.2, 0.25) is 0 Å². The molecule has 0 aliphatic carbocycles. The van der Waals surface area contributed by atoms with Gasteiger partial charge in [-0.2, -0.15) is 0 Å². The van der Waals surface area contributed by atoms with Gasteiger partial charge in [0, 0.05) is 15.6 Å². The molecule has 1 aromatic heterocycles. The first-order valence-corrected chi connectivity index (χ1v) is 12.0. The Morgan fingerprint density at radius 3 is 2.39 bits per heavy atom. The largest absolute Gasteiger partial charge is 0.457 e. The second-order valence-electron chi connectivity index (χ2n) is 6.42. The van der Waals surface area contributed by atoms with Crippen LogP contribution in [0.1, 0.15) is 17.7 Å². The van der Waals surface area contributed by atoms with E-state index >= 15 is 0 Å². The average Bonchev–Trinajstić information content (AvgIpc) is 3.22. The molecule has 0 spiro atoms. The maximum Gasteiger partial charge on any atom is 0.186 e. The van der Waals surface area contributed by atoms with Crippen molar-refractivity contribution < 1.29 is 9.21 Å². The van der Waals surface area contributed by atoms with E-state index in [0.29, 0.717) is 11.3 Å². The Balaban J connectivity index is 1.67.